The number of hydrogen-bond acceptors (Lipinski definition) is 3. The van der Waals surface area contributed by atoms with Gasteiger partial charge in [0.2, 0.25) is 0 Å². The van der Waals surface area contributed by atoms with Crippen molar-refractivity contribution in [3.8, 4) is 0 Å². The van der Waals surface area contributed by atoms with Crippen molar-refractivity contribution in [1.82, 2.24) is 14.8 Å². The summed E-state index contributed by atoms with van der Waals surface area (Å²) in [5, 5.41) is 4.29. The number of hydrogen-bond donors (Lipinski definition) is 0. The van der Waals surface area contributed by atoms with E-state index in [0.717, 1.165) is 5.52 Å². The molecule has 4 nitrogen and oxygen atoms in total. The van der Waals surface area contributed by atoms with Crippen molar-refractivity contribution in [2.45, 2.75) is 26.3 Å². The molecule has 0 atom stereocenters. The van der Waals surface area contributed by atoms with Gasteiger partial charge in [-0.3, -0.25) is 0 Å². The van der Waals surface area contributed by atoms with Crippen LogP contribution in [0.25, 0.3) is 11.0 Å². The van der Waals surface area contributed by atoms with E-state index in [1.54, 1.807) is 6.07 Å². The van der Waals surface area contributed by atoms with E-state index in [9.17, 15) is 4.79 Å². The van der Waals surface area contributed by atoms with Gasteiger partial charge < -0.3 is 0 Å². The first-order valence-corrected chi connectivity index (χ1v) is 4.85. The Balaban J connectivity index is 2.79. The lowest BCUT2D eigenvalue weighted by Gasteiger charge is -2.19. The third kappa shape index (κ3) is 1.75. The predicted molar refractivity (Wildman–Crippen MR) is 58.8 cm³/mol. The average molecular weight is 203 g/mol. The number of nitrogens with zero attached hydrogens (tertiary/aromatic N) is 3. The molecule has 0 bridgehead atoms. The maximum absolute atomic E-state index is 11.7. The number of aromatic nitrogens is 3. The first-order valence-electron chi connectivity index (χ1n) is 4.85. The second-order valence-electron chi connectivity index (χ2n) is 4.47. The maximum Gasteiger partial charge on any atom is 0.365 e. The lowest BCUT2D eigenvalue weighted by atomic mass is 10.1. The van der Waals surface area contributed by atoms with Crippen LogP contribution in [0.5, 0.6) is 0 Å². The molecular weight excluding hydrogens is 190 g/mol. The second kappa shape index (κ2) is 3.15. The van der Waals surface area contributed by atoms with Crippen LogP contribution >= 0.6 is 0 Å². The Labute approximate surface area is 87.6 Å². The van der Waals surface area contributed by atoms with Crippen molar-refractivity contribution < 1.29 is 0 Å². The molecule has 1 aromatic heterocycles. The Hall–Kier alpha value is -1.71. The van der Waals surface area contributed by atoms with Crippen molar-refractivity contribution in [3.05, 3.63) is 34.7 Å². The summed E-state index contributed by atoms with van der Waals surface area (Å²) in [6.07, 6.45) is 0. The standard InChI is InChI=1S/C11H13N3O/c1-11(2,3)14-10(15)12-8-6-4-5-7-9(8)13-14/h4-7H,1-3H3. The third-order valence-corrected chi connectivity index (χ3v) is 2.12. The van der Waals surface area contributed by atoms with Crippen molar-refractivity contribution in [2.75, 3.05) is 0 Å². The van der Waals surface area contributed by atoms with E-state index in [1.807, 2.05) is 39.0 Å². The van der Waals surface area contributed by atoms with Crippen LogP contribution in [0.1, 0.15) is 20.8 Å². The van der Waals surface area contributed by atoms with Crippen LogP contribution in [-0.4, -0.2) is 14.8 Å². The van der Waals surface area contributed by atoms with Crippen LogP contribution in [0.4, 0.5) is 0 Å². The molecule has 0 unspecified atom stereocenters. The fraction of sp³-hybridized carbons (Fsp3) is 0.364. The number of rotatable bonds is 0. The molecule has 1 aromatic carbocycles. The summed E-state index contributed by atoms with van der Waals surface area (Å²) in [5.41, 5.74) is 0.741. The predicted octanol–water partition coefficient (Wildman–Crippen LogP) is 1.55. The van der Waals surface area contributed by atoms with Gasteiger partial charge in [0.25, 0.3) is 0 Å². The molecule has 1 heterocycles. The van der Waals surface area contributed by atoms with E-state index in [0.29, 0.717) is 5.52 Å². The van der Waals surface area contributed by atoms with Crippen LogP contribution in [0, 0.1) is 0 Å². The molecule has 0 aliphatic rings. The molecule has 0 saturated carbocycles. The summed E-state index contributed by atoms with van der Waals surface area (Å²) >= 11 is 0. The highest BCUT2D eigenvalue weighted by Crippen LogP contribution is 2.11. The minimum Gasteiger partial charge on any atom is -0.244 e. The molecular formula is C11H13N3O. The molecule has 0 aliphatic carbocycles. The smallest absolute Gasteiger partial charge is 0.244 e. The summed E-state index contributed by atoms with van der Waals surface area (Å²) in [6.45, 7) is 5.79. The highest BCUT2D eigenvalue weighted by molar-refractivity contribution is 5.72. The molecule has 78 valence electrons. The van der Waals surface area contributed by atoms with E-state index in [-0.39, 0.29) is 11.2 Å². The minimum atomic E-state index is -0.339. The van der Waals surface area contributed by atoms with Gasteiger partial charge in [0, 0.05) is 0 Å². The fourth-order valence-electron chi connectivity index (χ4n) is 1.38. The zero-order valence-electron chi connectivity index (χ0n) is 9.06. The van der Waals surface area contributed by atoms with Gasteiger partial charge in [-0.05, 0) is 32.9 Å². The molecule has 0 radical (unpaired) electrons. The Bertz CT molecular complexity index is 551. The number of benzene rings is 1. The first-order chi connectivity index (χ1) is 6.98. The van der Waals surface area contributed by atoms with Crippen molar-refractivity contribution in [3.63, 3.8) is 0 Å². The molecule has 0 spiro atoms. The highest BCUT2D eigenvalue weighted by atomic mass is 16.1. The Kier molecular flexibility index (Phi) is 2.07. The van der Waals surface area contributed by atoms with Gasteiger partial charge in [-0.1, -0.05) is 12.1 Å². The van der Waals surface area contributed by atoms with Gasteiger partial charge in [-0.25, -0.2) is 9.48 Å². The van der Waals surface area contributed by atoms with Gasteiger partial charge in [0.15, 0.2) is 0 Å². The molecule has 0 N–H and O–H groups in total. The largest absolute Gasteiger partial charge is 0.365 e. The van der Waals surface area contributed by atoms with Crippen molar-refractivity contribution in [1.29, 1.82) is 0 Å². The average Bonchev–Trinajstić information content (AvgIpc) is 2.15. The van der Waals surface area contributed by atoms with Gasteiger partial charge in [-0.15, -0.1) is 0 Å². The topological polar surface area (TPSA) is 47.8 Å². The van der Waals surface area contributed by atoms with Crippen LogP contribution in [0.3, 0.4) is 0 Å². The molecule has 0 amide bonds. The number of fused-ring (bicyclic) bond motifs is 1. The van der Waals surface area contributed by atoms with Crippen molar-refractivity contribution >= 4 is 11.0 Å². The minimum absolute atomic E-state index is 0.304. The lowest BCUT2D eigenvalue weighted by Crippen LogP contribution is -2.37. The Morgan fingerprint density at radius 3 is 2.33 bits per heavy atom. The van der Waals surface area contributed by atoms with E-state index in [1.165, 1.54) is 4.68 Å². The quantitative estimate of drug-likeness (QED) is 0.652. The zero-order valence-corrected chi connectivity index (χ0v) is 9.06. The summed E-state index contributed by atoms with van der Waals surface area (Å²) in [4.78, 5) is 15.7. The molecule has 0 saturated heterocycles. The summed E-state index contributed by atoms with van der Waals surface area (Å²) < 4.78 is 1.41. The SMILES string of the molecule is CC(C)(C)n1nc2ccccc2nc1=O. The van der Waals surface area contributed by atoms with Gasteiger partial charge >= 0.3 is 5.69 Å². The molecule has 2 aromatic rings. The van der Waals surface area contributed by atoms with Gasteiger partial charge in [-0.2, -0.15) is 10.1 Å². The monoisotopic (exact) mass is 203 g/mol. The van der Waals surface area contributed by atoms with Crippen LogP contribution in [0.15, 0.2) is 29.1 Å². The molecule has 15 heavy (non-hydrogen) atoms. The highest BCUT2D eigenvalue weighted by Gasteiger charge is 2.17. The third-order valence-electron chi connectivity index (χ3n) is 2.12. The van der Waals surface area contributed by atoms with Crippen molar-refractivity contribution in [2.24, 2.45) is 0 Å². The molecule has 0 aliphatic heterocycles. The Morgan fingerprint density at radius 1 is 1.13 bits per heavy atom. The van der Waals surface area contributed by atoms with E-state index in [4.69, 9.17) is 0 Å². The second-order valence-corrected chi connectivity index (χ2v) is 4.47. The summed E-state index contributed by atoms with van der Waals surface area (Å²) in [7, 11) is 0. The molecule has 4 heteroatoms. The summed E-state index contributed by atoms with van der Waals surface area (Å²) in [5.74, 6) is 0. The fourth-order valence-corrected chi connectivity index (χ4v) is 1.38. The van der Waals surface area contributed by atoms with Crippen LogP contribution < -0.4 is 5.69 Å². The Morgan fingerprint density at radius 2 is 1.73 bits per heavy atom. The zero-order chi connectivity index (χ0) is 11.1. The van der Waals surface area contributed by atoms with E-state index < -0.39 is 0 Å². The maximum atomic E-state index is 11.7. The van der Waals surface area contributed by atoms with Crippen LogP contribution in [-0.2, 0) is 5.54 Å². The summed E-state index contributed by atoms with van der Waals surface area (Å²) in [6, 6.07) is 7.37. The number of para-hydroxylation sites is 1. The lowest BCUT2D eigenvalue weighted by molar-refractivity contribution is 0.336. The molecule has 0 fully saturated rings. The van der Waals surface area contributed by atoms with E-state index in [2.05, 4.69) is 10.1 Å². The van der Waals surface area contributed by atoms with Gasteiger partial charge in [0.1, 0.15) is 5.52 Å². The van der Waals surface area contributed by atoms with E-state index >= 15 is 0 Å². The van der Waals surface area contributed by atoms with Gasteiger partial charge in [0.05, 0.1) is 11.1 Å². The van der Waals surface area contributed by atoms with Crippen LogP contribution in [0.2, 0.25) is 0 Å². The first kappa shape index (κ1) is 9.83. The normalized spacial score (nSPS) is 11.9. The molecule has 2 rings (SSSR count).